The summed E-state index contributed by atoms with van der Waals surface area (Å²) in [6.45, 7) is 1.64. The third-order valence-electron chi connectivity index (χ3n) is 5.34. The lowest BCUT2D eigenvalue weighted by atomic mass is 9.80. The molecule has 4 nitrogen and oxygen atoms in total. The first kappa shape index (κ1) is 19.2. The first-order chi connectivity index (χ1) is 13.0. The maximum atomic E-state index is 12.4. The minimum atomic E-state index is -0.181. The van der Waals surface area contributed by atoms with Gasteiger partial charge in [-0.05, 0) is 74.4 Å². The normalized spacial score (nSPS) is 19.3. The molecule has 3 rings (SSSR count). The van der Waals surface area contributed by atoms with E-state index >= 15 is 0 Å². The van der Waals surface area contributed by atoms with E-state index in [-0.39, 0.29) is 23.6 Å². The molecule has 4 heteroatoms. The first-order valence-electron chi connectivity index (χ1n) is 9.49. The zero-order valence-corrected chi connectivity index (χ0v) is 15.9. The molecule has 0 saturated heterocycles. The Bertz CT molecular complexity index is 769. The Labute approximate surface area is 160 Å². The number of methoxy groups -OCH3 is 1. The molecule has 0 aliphatic heterocycles. The third kappa shape index (κ3) is 5.19. The second-order valence-electron chi connectivity index (χ2n) is 7.25. The van der Waals surface area contributed by atoms with Crippen LogP contribution in [0.15, 0.2) is 48.5 Å². The number of carbonyl (C=O) groups excluding carboxylic acids is 2. The van der Waals surface area contributed by atoms with Gasteiger partial charge in [-0.1, -0.05) is 24.3 Å². The molecule has 1 fully saturated rings. The Morgan fingerprint density at radius 1 is 0.815 bits per heavy atom. The summed E-state index contributed by atoms with van der Waals surface area (Å²) in [5.41, 5.74) is 2.35. The molecular formula is C23H26O4. The van der Waals surface area contributed by atoms with Crippen LogP contribution in [0, 0.1) is 11.8 Å². The summed E-state index contributed by atoms with van der Waals surface area (Å²) in [5, 5.41) is 0. The van der Waals surface area contributed by atoms with E-state index in [0.29, 0.717) is 5.75 Å². The van der Waals surface area contributed by atoms with Crippen molar-refractivity contribution in [2.45, 2.75) is 39.0 Å². The molecule has 0 bridgehead atoms. The number of carbonyl (C=O) groups is 2. The zero-order chi connectivity index (χ0) is 19.2. The summed E-state index contributed by atoms with van der Waals surface area (Å²) in [4.78, 5) is 23.8. The summed E-state index contributed by atoms with van der Waals surface area (Å²) in [6, 6.07) is 15.7. The van der Waals surface area contributed by atoms with Crippen molar-refractivity contribution in [1.29, 1.82) is 0 Å². The van der Waals surface area contributed by atoms with Crippen LogP contribution in [-0.2, 0) is 16.0 Å². The summed E-state index contributed by atoms with van der Waals surface area (Å²) in [5.74, 6) is 1.49. The molecule has 0 amide bonds. The molecule has 0 aromatic heterocycles. The maximum absolute atomic E-state index is 12.4. The van der Waals surface area contributed by atoms with Crippen molar-refractivity contribution in [3.05, 3.63) is 59.7 Å². The largest absolute Gasteiger partial charge is 0.497 e. The molecular weight excluding hydrogens is 340 g/mol. The summed E-state index contributed by atoms with van der Waals surface area (Å²) < 4.78 is 10.7. The van der Waals surface area contributed by atoms with Gasteiger partial charge < -0.3 is 9.47 Å². The van der Waals surface area contributed by atoms with Gasteiger partial charge in [0.15, 0.2) is 0 Å². The minimum absolute atomic E-state index is 0.0976. The van der Waals surface area contributed by atoms with Crippen molar-refractivity contribution in [2.24, 2.45) is 11.8 Å². The fourth-order valence-electron chi connectivity index (χ4n) is 3.59. The Morgan fingerprint density at radius 3 is 1.78 bits per heavy atom. The van der Waals surface area contributed by atoms with E-state index in [9.17, 15) is 9.59 Å². The molecule has 1 aliphatic carbocycles. The van der Waals surface area contributed by atoms with E-state index in [1.54, 1.807) is 14.0 Å². The van der Waals surface area contributed by atoms with E-state index in [1.165, 1.54) is 5.56 Å². The molecule has 0 spiro atoms. The summed E-state index contributed by atoms with van der Waals surface area (Å²) >= 11 is 0. The van der Waals surface area contributed by atoms with Crippen molar-refractivity contribution in [3.8, 4) is 11.5 Å². The van der Waals surface area contributed by atoms with E-state index < -0.39 is 0 Å². The van der Waals surface area contributed by atoms with Gasteiger partial charge in [0.25, 0.3) is 0 Å². The van der Waals surface area contributed by atoms with Crippen LogP contribution in [0.25, 0.3) is 0 Å². The second kappa shape index (κ2) is 8.85. The predicted octanol–water partition coefficient (Wildman–Crippen LogP) is 4.59. The Balaban J connectivity index is 1.52. The lowest BCUT2D eigenvalue weighted by Crippen LogP contribution is -2.27. The van der Waals surface area contributed by atoms with Crippen LogP contribution in [0.5, 0.6) is 11.5 Å². The van der Waals surface area contributed by atoms with Crippen molar-refractivity contribution >= 4 is 11.8 Å². The highest BCUT2D eigenvalue weighted by Crippen LogP contribution is 2.30. The number of esters is 1. The second-order valence-corrected chi connectivity index (χ2v) is 7.25. The molecule has 2 aromatic carbocycles. The molecule has 1 saturated carbocycles. The summed E-state index contributed by atoms with van der Waals surface area (Å²) in [7, 11) is 1.66. The Morgan fingerprint density at radius 2 is 1.30 bits per heavy atom. The average Bonchev–Trinajstić information content (AvgIpc) is 2.70. The van der Waals surface area contributed by atoms with Gasteiger partial charge in [-0.15, -0.1) is 0 Å². The van der Waals surface area contributed by atoms with Gasteiger partial charge in [-0.3, -0.25) is 9.59 Å². The first-order valence-corrected chi connectivity index (χ1v) is 9.49. The van der Waals surface area contributed by atoms with Crippen LogP contribution in [0.3, 0.4) is 0 Å². The van der Waals surface area contributed by atoms with E-state index in [4.69, 9.17) is 9.47 Å². The fraction of sp³-hybridized carbons (Fsp3) is 0.391. The Hall–Kier alpha value is -2.62. The van der Waals surface area contributed by atoms with Gasteiger partial charge in [0.1, 0.15) is 17.3 Å². The molecule has 2 aromatic rings. The number of Topliss-reactive ketones (excluding diaryl/α,β-unsaturated/α-hetero) is 1. The minimum Gasteiger partial charge on any atom is -0.497 e. The monoisotopic (exact) mass is 366 g/mol. The van der Waals surface area contributed by atoms with E-state index in [1.807, 2.05) is 48.5 Å². The van der Waals surface area contributed by atoms with Crippen molar-refractivity contribution in [1.82, 2.24) is 0 Å². The highest BCUT2D eigenvalue weighted by molar-refractivity contribution is 5.79. The average molecular weight is 366 g/mol. The number of hydrogen-bond donors (Lipinski definition) is 0. The van der Waals surface area contributed by atoms with Crippen molar-refractivity contribution < 1.29 is 19.1 Å². The number of rotatable bonds is 6. The molecule has 0 unspecified atom stereocenters. The topological polar surface area (TPSA) is 52.6 Å². The van der Waals surface area contributed by atoms with Gasteiger partial charge >= 0.3 is 5.97 Å². The fourth-order valence-corrected chi connectivity index (χ4v) is 3.59. The maximum Gasteiger partial charge on any atom is 0.314 e. The van der Waals surface area contributed by atoms with Gasteiger partial charge in [0.2, 0.25) is 0 Å². The molecule has 0 heterocycles. The number of ketones is 1. The molecule has 0 atom stereocenters. The quantitative estimate of drug-likeness (QED) is 0.554. The van der Waals surface area contributed by atoms with Crippen molar-refractivity contribution in [2.75, 3.05) is 7.11 Å². The number of ether oxygens (including phenoxy) is 2. The Kier molecular flexibility index (Phi) is 6.28. The van der Waals surface area contributed by atoms with Crippen LogP contribution in [-0.4, -0.2) is 18.9 Å². The van der Waals surface area contributed by atoms with Gasteiger partial charge in [-0.2, -0.15) is 0 Å². The van der Waals surface area contributed by atoms with Crippen molar-refractivity contribution in [3.63, 3.8) is 0 Å². The SMILES string of the molecule is COc1ccc(Cc2ccc(OC(=O)C3CCC(C(C)=O)CC3)cc2)cc1. The molecule has 142 valence electrons. The van der Waals surface area contributed by atoms with Gasteiger partial charge in [0, 0.05) is 5.92 Å². The molecule has 1 aliphatic rings. The predicted molar refractivity (Wildman–Crippen MR) is 104 cm³/mol. The van der Waals surface area contributed by atoms with Crippen LogP contribution in [0.4, 0.5) is 0 Å². The van der Waals surface area contributed by atoms with E-state index in [0.717, 1.165) is 43.4 Å². The lowest BCUT2D eigenvalue weighted by Gasteiger charge is -2.25. The lowest BCUT2D eigenvalue weighted by molar-refractivity contribution is -0.141. The van der Waals surface area contributed by atoms with Crippen LogP contribution in [0.1, 0.15) is 43.7 Å². The van der Waals surface area contributed by atoms with Gasteiger partial charge in [0.05, 0.1) is 13.0 Å². The van der Waals surface area contributed by atoms with Crippen LogP contribution < -0.4 is 9.47 Å². The zero-order valence-electron chi connectivity index (χ0n) is 15.9. The highest BCUT2D eigenvalue weighted by atomic mass is 16.5. The number of benzene rings is 2. The highest BCUT2D eigenvalue weighted by Gasteiger charge is 2.29. The smallest absolute Gasteiger partial charge is 0.314 e. The molecule has 0 radical (unpaired) electrons. The number of hydrogen-bond acceptors (Lipinski definition) is 4. The third-order valence-corrected chi connectivity index (χ3v) is 5.34. The van der Waals surface area contributed by atoms with Crippen LogP contribution in [0.2, 0.25) is 0 Å². The molecule has 27 heavy (non-hydrogen) atoms. The summed E-state index contributed by atoms with van der Waals surface area (Å²) in [6.07, 6.45) is 3.86. The van der Waals surface area contributed by atoms with Crippen LogP contribution >= 0.6 is 0 Å². The standard InChI is InChI=1S/C23H26O4/c1-16(24)19-7-9-20(10-8-19)23(25)27-22-13-5-18(6-14-22)15-17-3-11-21(26-2)12-4-17/h3-6,11-14,19-20H,7-10,15H2,1-2H3. The molecule has 0 N–H and O–H groups in total. The van der Waals surface area contributed by atoms with E-state index in [2.05, 4.69) is 0 Å². The van der Waals surface area contributed by atoms with Gasteiger partial charge in [-0.25, -0.2) is 0 Å².